The fourth-order valence-corrected chi connectivity index (χ4v) is 4.72. The third kappa shape index (κ3) is 7.10. The van der Waals surface area contributed by atoms with E-state index in [-0.39, 0.29) is 23.9 Å². The average molecular weight is 450 g/mol. The van der Waals surface area contributed by atoms with Crippen LogP contribution >= 0.6 is 0 Å². The van der Waals surface area contributed by atoms with Gasteiger partial charge < -0.3 is 10.1 Å². The molecule has 1 fully saturated rings. The smallest absolute Gasteiger partial charge is 0.243 e. The quantitative estimate of drug-likeness (QED) is 0.560. The number of carbonyl (C=O) groups excluding carboxylic acids is 1. The van der Waals surface area contributed by atoms with Gasteiger partial charge in [-0.3, -0.25) is 9.69 Å². The fraction of sp³-hybridized carbons (Fsp3) is 0.409. The van der Waals surface area contributed by atoms with Crippen molar-refractivity contribution in [1.29, 1.82) is 0 Å². The first-order chi connectivity index (χ1) is 14.9. The first kappa shape index (κ1) is 23.3. The van der Waals surface area contributed by atoms with Crippen molar-refractivity contribution in [3.05, 3.63) is 66.0 Å². The summed E-state index contributed by atoms with van der Waals surface area (Å²) in [6.45, 7) is 4.26. The summed E-state index contributed by atoms with van der Waals surface area (Å²) in [6, 6.07) is 13.7. The molecule has 0 saturated carbocycles. The lowest BCUT2D eigenvalue weighted by atomic mass is 10.2. The summed E-state index contributed by atoms with van der Waals surface area (Å²) in [5.41, 5.74) is 0.758. The number of halogens is 1. The zero-order valence-corrected chi connectivity index (χ0v) is 18.2. The molecule has 1 aliphatic heterocycles. The van der Waals surface area contributed by atoms with E-state index in [1.807, 2.05) is 18.2 Å². The second-order valence-corrected chi connectivity index (χ2v) is 9.31. The molecule has 0 atom stereocenters. The van der Waals surface area contributed by atoms with Crippen LogP contribution in [0.2, 0.25) is 0 Å². The molecular weight excluding hydrogens is 421 g/mol. The molecular formula is C22H28FN3O4S. The molecule has 1 heterocycles. The highest BCUT2D eigenvalue weighted by Gasteiger charge is 2.27. The van der Waals surface area contributed by atoms with Gasteiger partial charge in [0.25, 0.3) is 0 Å². The van der Waals surface area contributed by atoms with Crippen molar-refractivity contribution in [3.8, 4) is 0 Å². The molecule has 168 valence electrons. The Bertz CT molecular complexity index is 933. The number of carbonyl (C=O) groups is 1. The van der Waals surface area contributed by atoms with Crippen molar-refractivity contribution in [2.24, 2.45) is 0 Å². The largest absolute Gasteiger partial charge is 0.379 e. The first-order valence-electron chi connectivity index (χ1n) is 10.3. The van der Waals surface area contributed by atoms with E-state index in [0.29, 0.717) is 6.54 Å². The fourth-order valence-electron chi connectivity index (χ4n) is 3.34. The molecule has 31 heavy (non-hydrogen) atoms. The van der Waals surface area contributed by atoms with Crippen LogP contribution in [0.3, 0.4) is 0 Å². The van der Waals surface area contributed by atoms with Crippen LogP contribution < -0.4 is 5.32 Å². The highest BCUT2D eigenvalue weighted by Crippen LogP contribution is 2.18. The second-order valence-electron chi connectivity index (χ2n) is 7.37. The number of hydrogen-bond donors (Lipinski definition) is 1. The Labute approximate surface area is 182 Å². The van der Waals surface area contributed by atoms with Crippen LogP contribution in [0.5, 0.6) is 0 Å². The van der Waals surface area contributed by atoms with E-state index in [2.05, 4.69) is 10.2 Å². The molecule has 0 radical (unpaired) electrons. The number of morpholine rings is 1. The summed E-state index contributed by atoms with van der Waals surface area (Å²) in [6.07, 6.45) is 0.773. The zero-order valence-electron chi connectivity index (χ0n) is 17.4. The van der Waals surface area contributed by atoms with Gasteiger partial charge in [-0.05, 0) is 42.8 Å². The molecule has 1 amide bonds. The van der Waals surface area contributed by atoms with E-state index in [4.69, 9.17) is 4.74 Å². The van der Waals surface area contributed by atoms with Gasteiger partial charge in [-0.2, -0.15) is 4.31 Å². The third-order valence-electron chi connectivity index (χ3n) is 5.05. The lowest BCUT2D eigenvalue weighted by molar-refractivity contribution is -0.121. The molecule has 9 heteroatoms. The van der Waals surface area contributed by atoms with Crippen molar-refractivity contribution in [2.75, 3.05) is 45.9 Å². The van der Waals surface area contributed by atoms with E-state index in [1.165, 1.54) is 12.1 Å². The maximum absolute atomic E-state index is 13.3. The summed E-state index contributed by atoms with van der Waals surface area (Å²) < 4.78 is 45.9. The summed E-state index contributed by atoms with van der Waals surface area (Å²) in [4.78, 5) is 14.7. The topological polar surface area (TPSA) is 79.0 Å². The summed E-state index contributed by atoms with van der Waals surface area (Å²) in [5, 5.41) is 2.81. The SMILES string of the molecule is O=C(CN(Cc1ccccc1)S(=O)(=O)c1ccc(F)cc1)NCCCN1CCOCC1. The Kier molecular flexibility index (Phi) is 8.53. The minimum atomic E-state index is -3.98. The van der Waals surface area contributed by atoms with Crippen molar-refractivity contribution in [3.63, 3.8) is 0 Å². The minimum absolute atomic E-state index is 0.0434. The van der Waals surface area contributed by atoms with Crippen molar-refractivity contribution in [2.45, 2.75) is 17.9 Å². The molecule has 1 N–H and O–H groups in total. The van der Waals surface area contributed by atoms with E-state index < -0.39 is 15.8 Å². The number of benzene rings is 2. The van der Waals surface area contributed by atoms with E-state index in [0.717, 1.165) is 61.3 Å². The van der Waals surface area contributed by atoms with Crippen molar-refractivity contribution < 1.29 is 22.3 Å². The molecule has 0 bridgehead atoms. The highest BCUT2D eigenvalue weighted by molar-refractivity contribution is 7.89. The Hall–Kier alpha value is -2.33. The van der Waals surface area contributed by atoms with E-state index >= 15 is 0 Å². The van der Waals surface area contributed by atoms with Gasteiger partial charge in [0.05, 0.1) is 24.7 Å². The van der Waals surface area contributed by atoms with Crippen LogP contribution in [-0.2, 0) is 26.1 Å². The number of nitrogens with one attached hydrogen (secondary N) is 1. The molecule has 2 aromatic rings. The normalized spacial score (nSPS) is 15.2. The van der Waals surface area contributed by atoms with Gasteiger partial charge in [0.15, 0.2) is 0 Å². The number of hydrogen-bond acceptors (Lipinski definition) is 5. The van der Waals surface area contributed by atoms with Crippen LogP contribution in [0.25, 0.3) is 0 Å². The van der Waals surface area contributed by atoms with Crippen LogP contribution in [0.4, 0.5) is 4.39 Å². The summed E-state index contributed by atoms with van der Waals surface area (Å²) in [5.74, 6) is -0.893. The Morgan fingerprint density at radius 2 is 1.74 bits per heavy atom. The number of amides is 1. The van der Waals surface area contributed by atoms with Crippen LogP contribution in [-0.4, -0.2) is 69.5 Å². The van der Waals surface area contributed by atoms with Crippen molar-refractivity contribution >= 4 is 15.9 Å². The molecule has 0 aromatic heterocycles. The van der Waals surface area contributed by atoms with Gasteiger partial charge >= 0.3 is 0 Å². The van der Waals surface area contributed by atoms with Crippen LogP contribution in [0.1, 0.15) is 12.0 Å². The van der Waals surface area contributed by atoms with Crippen molar-refractivity contribution in [1.82, 2.24) is 14.5 Å². The predicted molar refractivity (Wildman–Crippen MR) is 115 cm³/mol. The number of rotatable bonds is 10. The number of ether oxygens (including phenoxy) is 1. The Morgan fingerprint density at radius 1 is 1.06 bits per heavy atom. The second kappa shape index (κ2) is 11.3. The summed E-state index contributed by atoms with van der Waals surface area (Å²) >= 11 is 0. The van der Waals surface area contributed by atoms with Gasteiger partial charge in [0, 0.05) is 26.2 Å². The van der Waals surface area contributed by atoms with Gasteiger partial charge in [0.2, 0.25) is 15.9 Å². The van der Waals surface area contributed by atoms with Gasteiger partial charge in [-0.25, -0.2) is 12.8 Å². The molecule has 2 aromatic carbocycles. The van der Waals surface area contributed by atoms with Gasteiger partial charge in [-0.15, -0.1) is 0 Å². The Morgan fingerprint density at radius 3 is 2.42 bits per heavy atom. The van der Waals surface area contributed by atoms with Crippen LogP contribution in [0.15, 0.2) is 59.5 Å². The lowest BCUT2D eigenvalue weighted by Crippen LogP contribution is -2.41. The molecule has 7 nitrogen and oxygen atoms in total. The molecule has 1 aliphatic rings. The van der Waals surface area contributed by atoms with E-state index in [9.17, 15) is 17.6 Å². The molecule has 0 unspecified atom stereocenters. The molecule has 0 spiro atoms. The Balaban J connectivity index is 1.62. The van der Waals surface area contributed by atoms with Gasteiger partial charge in [-0.1, -0.05) is 30.3 Å². The molecule has 3 rings (SSSR count). The predicted octanol–water partition coefficient (Wildman–Crippen LogP) is 1.86. The van der Waals surface area contributed by atoms with Gasteiger partial charge in [0.1, 0.15) is 5.82 Å². The highest BCUT2D eigenvalue weighted by atomic mass is 32.2. The van der Waals surface area contributed by atoms with Crippen LogP contribution in [0, 0.1) is 5.82 Å². The number of nitrogens with zero attached hydrogens (tertiary/aromatic N) is 2. The number of sulfonamides is 1. The maximum atomic E-state index is 13.3. The minimum Gasteiger partial charge on any atom is -0.379 e. The first-order valence-corrected chi connectivity index (χ1v) is 11.8. The average Bonchev–Trinajstić information content (AvgIpc) is 2.78. The zero-order chi connectivity index (χ0) is 22.1. The molecule has 0 aliphatic carbocycles. The standard InChI is InChI=1S/C22H28FN3O4S/c23-20-7-9-21(10-8-20)31(28,29)26(17-19-5-2-1-3-6-19)18-22(27)24-11-4-12-25-13-15-30-16-14-25/h1-3,5-10H,4,11-18H2,(H,24,27). The lowest BCUT2D eigenvalue weighted by Gasteiger charge is -2.26. The monoisotopic (exact) mass is 449 g/mol. The van der Waals surface area contributed by atoms with E-state index in [1.54, 1.807) is 12.1 Å². The molecule has 1 saturated heterocycles. The summed E-state index contributed by atoms with van der Waals surface area (Å²) in [7, 11) is -3.98. The third-order valence-corrected chi connectivity index (χ3v) is 6.86. The maximum Gasteiger partial charge on any atom is 0.243 e.